The highest BCUT2D eigenvalue weighted by atomic mass is 32.1. The van der Waals surface area contributed by atoms with Gasteiger partial charge in [0.2, 0.25) is 17.7 Å². The number of nitrogens with one attached hydrogen (secondary N) is 3. The minimum atomic E-state index is -4.46. The summed E-state index contributed by atoms with van der Waals surface area (Å²) in [7, 11) is 1.74. The van der Waals surface area contributed by atoms with Gasteiger partial charge in [-0.1, -0.05) is 45.0 Å². The van der Waals surface area contributed by atoms with E-state index in [1.54, 1.807) is 57.5 Å². The molecule has 0 radical (unpaired) electrons. The van der Waals surface area contributed by atoms with Gasteiger partial charge < -0.3 is 35.4 Å². The summed E-state index contributed by atoms with van der Waals surface area (Å²) >= 11 is 1.56. The van der Waals surface area contributed by atoms with Crippen molar-refractivity contribution in [3.05, 3.63) is 101 Å². The number of fused-ring (bicyclic) bond motifs is 3. The lowest BCUT2D eigenvalue weighted by Crippen LogP contribution is -2.57. The molecular weight excluding hydrogens is 878 g/mol. The Hall–Kier alpha value is -6.15. The summed E-state index contributed by atoms with van der Waals surface area (Å²) in [4.78, 5) is 60.3. The van der Waals surface area contributed by atoms with E-state index < -0.39 is 53.1 Å². The molecule has 4 N–H and O–H groups in total. The molecule has 3 aromatic carbocycles. The fraction of sp³-hybridized carbons (Fsp3) is 0.404. The Balaban J connectivity index is 0.827. The third kappa shape index (κ3) is 11.1. The number of aliphatic hydroxyl groups excluding tert-OH is 1. The molecule has 350 valence electrons. The van der Waals surface area contributed by atoms with E-state index in [1.165, 1.54) is 17.0 Å². The molecule has 4 heterocycles. The first kappa shape index (κ1) is 47.8. The number of aromatic nitrogens is 4. The number of hydrogen-bond donors (Lipinski definition) is 4. The van der Waals surface area contributed by atoms with Gasteiger partial charge in [0.15, 0.2) is 5.65 Å². The zero-order valence-corrected chi connectivity index (χ0v) is 38.1. The predicted molar refractivity (Wildman–Crippen MR) is 243 cm³/mol. The van der Waals surface area contributed by atoms with E-state index >= 15 is 0 Å². The number of ether oxygens (including phenoxy) is 2. The molecule has 1 saturated heterocycles. The van der Waals surface area contributed by atoms with Crippen LogP contribution in [-0.4, -0.2) is 111 Å². The van der Waals surface area contributed by atoms with Gasteiger partial charge >= 0.3 is 6.18 Å². The van der Waals surface area contributed by atoms with E-state index in [-0.39, 0.29) is 64.8 Å². The Kier molecular flexibility index (Phi) is 14.6. The van der Waals surface area contributed by atoms with Crippen molar-refractivity contribution in [2.75, 3.05) is 39.5 Å². The molecule has 15 nitrogen and oxygen atoms in total. The number of carbonyl (C=O) groups excluding carboxylic acids is 4. The molecule has 1 aliphatic heterocycles. The molecule has 0 spiro atoms. The highest BCUT2D eigenvalue weighted by Crippen LogP contribution is 2.35. The van der Waals surface area contributed by atoms with Crippen molar-refractivity contribution in [2.24, 2.45) is 12.5 Å². The molecular formula is C47H53F3N8O7S. The number of alkyl halides is 3. The first-order chi connectivity index (χ1) is 31.4. The highest BCUT2D eigenvalue weighted by Gasteiger charge is 2.44. The van der Waals surface area contributed by atoms with Gasteiger partial charge in [-0.2, -0.15) is 18.3 Å². The van der Waals surface area contributed by atoms with Gasteiger partial charge in [-0.3, -0.25) is 28.4 Å². The second-order valence-corrected chi connectivity index (χ2v) is 18.2. The molecule has 66 heavy (non-hydrogen) atoms. The van der Waals surface area contributed by atoms with E-state index in [1.807, 2.05) is 52.0 Å². The lowest BCUT2D eigenvalue weighted by Gasteiger charge is -2.35. The molecule has 6 aromatic rings. The van der Waals surface area contributed by atoms with Crippen molar-refractivity contribution in [1.82, 2.24) is 40.2 Å². The molecule has 1 aliphatic rings. The molecule has 7 rings (SSSR count). The van der Waals surface area contributed by atoms with Crippen molar-refractivity contribution in [3.8, 4) is 16.1 Å². The largest absolute Gasteiger partial charge is 0.416 e. The van der Waals surface area contributed by atoms with Crippen LogP contribution < -0.4 is 16.0 Å². The van der Waals surface area contributed by atoms with Gasteiger partial charge in [-0.25, -0.2) is 4.98 Å². The molecule has 0 aliphatic carbocycles. The van der Waals surface area contributed by atoms with E-state index in [9.17, 15) is 37.5 Å². The third-order valence-electron chi connectivity index (χ3n) is 11.4. The van der Waals surface area contributed by atoms with Crippen LogP contribution in [0.4, 0.5) is 13.2 Å². The number of nitrogens with zero attached hydrogens (tertiary/aromatic N) is 5. The standard InChI is InChI=1S/C47H53F3N8O7S/c1-28-40(66-27-53-28)30-8-6-29(7-9-30)24-52-44(62)38-23-34(59)25-57(38)45(63)41(46(2,3)4)54-39(60)16-18-64-20-21-65-19-17-51-43(61)31-10-15-37-35(22-31)36-26-56(5)55-42(36)58(37)33-13-11-32(12-14-33)47(48,49)50/h6-15,22,26-27,34,38,41,59H,16-21,23-25H2,1-5H3,(H,51,61)(H,52,62)(H,54,60)/t34-,38+,41?/m1/s1. The number of likely N-dealkylation sites (tertiary alicyclic amines) is 1. The SMILES string of the molecule is Cc1ncsc1-c1ccc(CNC(=O)[C@@H]2C[C@@H](O)CN2C(=O)C(NC(=O)CCOCCOCCNC(=O)c2ccc3c(c2)c2cn(C)nc2n3-c2ccc(C(F)(F)F)cc2)C(C)(C)C)cc1. The lowest BCUT2D eigenvalue weighted by molar-refractivity contribution is -0.144. The van der Waals surface area contributed by atoms with Gasteiger partial charge in [0.1, 0.15) is 12.1 Å². The molecule has 19 heteroatoms. The lowest BCUT2D eigenvalue weighted by atomic mass is 9.85. The van der Waals surface area contributed by atoms with Gasteiger partial charge in [0.25, 0.3) is 5.91 Å². The number of carbonyl (C=O) groups is 4. The normalized spacial score (nSPS) is 15.9. The van der Waals surface area contributed by atoms with E-state index in [4.69, 9.17) is 9.47 Å². The summed E-state index contributed by atoms with van der Waals surface area (Å²) in [6, 6.07) is 15.9. The van der Waals surface area contributed by atoms with Crippen molar-refractivity contribution < 1.29 is 46.9 Å². The summed E-state index contributed by atoms with van der Waals surface area (Å²) in [6.45, 7) is 8.43. The van der Waals surface area contributed by atoms with Crippen LogP contribution in [0, 0.1) is 12.3 Å². The highest BCUT2D eigenvalue weighted by molar-refractivity contribution is 7.13. The number of amides is 4. The Morgan fingerprint density at radius 3 is 2.30 bits per heavy atom. The third-order valence-corrected chi connectivity index (χ3v) is 12.3. The van der Waals surface area contributed by atoms with Gasteiger partial charge in [-0.15, -0.1) is 11.3 Å². The molecule has 3 aromatic heterocycles. The summed E-state index contributed by atoms with van der Waals surface area (Å²) in [5, 5.41) is 25.1. The Morgan fingerprint density at radius 2 is 1.64 bits per heavy atom. The van der Waals surface area contributed by atoms with Crippen molar-refractivity contribution >= 4 is 56.9 Å². The van der Waals surface area contributed by atoms with Gasteiger partial charge in [0.05, 0.1) is 59.7 Å². The number of β-amino-alcohol motifs (C(OH)–C–C–N with tert-alkyl or cyclic N) is 1. The number of thiazole rings is 1. The van der Waals surface area contributed by atoms with Crippen molar-refractivity contribution in [1.29, 1.82) is 0 Å². The minimum absolute atomic E-state index is 0.0345. The first-order valence-electron chi connectivity index (χ1n) is 21.5. The predicted octanol–water partition coefficient (Wildman–Crippen LogP) is 5.93. The fourth-order valence-electron chi connectivity index (χ4n) is 7.93. The van der Waals surface area contributed by atoms with Crippen LogP contribution in [0.15, 0.2) is 78.4 Å². The van der Waals surface area contributed by atoms with Crippen LogP contribution >= 0.6 is 11.3 Å². The number of aliphatic hydroxyl groups is 1. The first-order valence-corrected chi connectivity index (χ1v) is 22.4. The number of benzene rings is 3. The minimum Gasteiger partial charge on any atom is -0.391 e. The van der Waals surface area contributed by atoms with E-state index in [0.29, 0.717) is 27.8 Å². The Bertz CT molecular complexity index is 2690. The van der Waals surface area contributed by atoms with Crippen molar-refractivity contribution in [2.45, 2.75) is 71.4 Å². The summed E-state index contributed by atoms with van der Waals surface area (Å²) in [5.41, 5.74) is 5.30. The molecule has 0 bridgehead atoms. The second-order valence-electron chi connectivity index (χ2n) is 17.3. The van der Waals surface area contributed by atoms with Crippen LogP contribution in [0.3, 0.4) is 0 Å². The van der Waals surface area contributed by atoms with Gasteiger partial charge in [0, 0.05) is 67.7 Å². The topological polar surface area (TPSA) is 182 Å². The quantitative estimate of drug-likeness (QED) is 0.0807. The maximum absolute atomic E-state index is 14.0. The van der Waals surface area contributed by atoms with Crippen molar-refractivity contribution in [3.63, 3.8) is 0 Å². The molecule has 3 atom stereocenters. The molecule has 1 fully saturated rings. The van der Waals surface area contributed by atoms with E-state index in [0.717, 1.165) is 39.2 Å². The van der Waals surface area contributed by atoms with Crippen LogP contribution in [0.2, 0.25) is 0 Å². The molecule has 0 saturated carbocycles. The molecule has 1 unspecified atom stereocenters. The number of rotatable bonds is 17. The van der Waals surface area contributed by atoms with E-state index in [2.05, 4.69) is 26.0 Å². The maximum atomic E-state index is 14.0. The molecule has 4 amide bonds. The van der Waals surface area contributed by atoms with Crippen LogP contribution in [0.5, 0.6) is 0 Å². The summed E-state index contributed by atoms with van der Waals surface area (Å²) in [6.07, 6.45) is -3.52. The monoisotopic (exact) mass is 930 g/mol. The zero-order valence-electron chi connectivity index (χ0n) is 37.3. The Morgan fingerprint density at radius 1 is 0.924 bits per heavy atom. The summed E-state index contributed by atoms with van der Waals surface area (Å²) < 4.78 is 54.2. The summed E-state index contributed by atoms with van der Waals surface area (Å²) in [5.74, 6) is -1.60. The van der Waals surface area contributed by atoms with Gasteiger partial charge in [-0.05, 0) is 65.9 Å². The van der Waals surface area contributed by atoms with Crippen LogP contribution in [-0.2, 0) is 43.6 Å². The maximum Gasteiger partial charge on any atom is 0.416 e. The Labute approximate surface area is 383 Å². The number of hydrogen-bond acceptors (Lipinski definition) is 10. The number of aryl methyl sites for hydroxylation is 2. The fourth-order valence-corrected chi connectivity index (χ4v) is 8.75. The van der Waals surface area contributed by atoms with Crippen LogP contribution in [0.25, 0.3) is 38.1 Å². The zero-order chi connectivity index (χ0) is 47.3. The number of halogens is 3. The average molecular weight is 931 g/mol. The van der Waals surface area contributed by atoms with Crippen LogP contribution in [0.1, 0.15) is 60.8 Å². The smallest absolute Gasteiger partial charge is 0.391 e. The average Bonchev–Trinajstić information content (AvgIpc) is 4.06. The second kappa shape index (κ2) is 20.2.